The summed E-state index contributed by atoms with van der Waals surface area (Å²) in [7, 11) is 1.69. The molecule has 1 aromatic carbocycles. The third kappa shape index (κ3) is 3.76. The van der Waals surface area contributed by atoms with Crippen molar-refractivity contribution >= 4 is 5.84 Å². The van der Waals surface area contributed by atoms with Crippen molar-refractivity contribution in [3.05, 3.63) is 29.3 Å². The second-order valence-electron chi connectivity index (χ2n) is 7.03. The Balaban J connectivity index is 2.12. The highest BCUT2D eigenvalue weighted by Gasteiger charge is 2.31. The Bertz CT molecular complexity index is 519. The highest BCUT2D eigenvalue weighted by molar-refractivity contribution is 5.95. The van der Waals surface area contributed by atoms with Gasteiger partial charge in [-0.2, -0.15) is 0 Å². The molecule has 0 saturated carbocycles. The molecule has 0 amide bonds. The number of nitrogens with two attached hydrogens (primary N) is 1. The Morgan fingerprint density at radius 3 is 2.67 bits per heavy atom. The molecule has 3 N–H and O–H groups in total. The Hall–Kier alpha value is -1.55. The minimum atomic E-state index is 0.105. The number of methoxy groups -OCH3 is 1. The number of hydrogen-bond donors (Lipinski definition) is 2. The molecule has 1 atom stereocenters. The molecule has 1 unspecified atom stereocenters. The molecule has 1 heterocycles. The first-order valence-corrected chi connectivity index (χ1v) is 7.55. The van der Waals surface area contributed by atoms with Crippen molar-refractivity contribution in [1.82, 2.24) is 4.90 Å². The average Bonchev–Trinajstić information content (AvgIpc) is 2.87. The van der Waals surface area contributed by atoms with Crippen LogP contribution in [0.4, 0.5) is 0 Å². The number of rotatable bonds is 4. The maximum Gasteiger partial charge on any atom is 0.123 e. The number of ether oxygens (including phenoxy) is 1. The van der Waals surface area contributed by atoms with E-state index in [0.717, 1.165) is 42.4 Å². The quantitative estimate of drug-likeness (QED) is 0.662. The highest BCUT2D eigenvalue weighted by Crippen LogP contribution is 2.34. The smallest absolute Gasteiger partial charge is 0.123 e. The fourth-order valence-corrected chi connectivity index (χ4v) is 2.99. The summed E-state index contributed by atoms with van der Waals surface area (Å²) in [6.07, 6.45) is 1.25. The molecular weight excluding hydrogens is 262 g/mol. The zero-order valence-corrected chi connectivity index (χ0v) is 13.6. The lowest BCUT2D eigenvalue weighted by molar-refractivity contribution is 0.225. The summed E-state index contributed by atoms with van der Waals surface area (Å²) < 4.78 is 5.45. The van der Waals surface area contributed by atoms with Crippen molar-refractivity contribution in [2.45, 2.75) is 33.7 Å². The van der Waals surface area contributed by atoms with Gasteiger partial charge in [0.05, 0.1) is 7.11 Å². The number of nitrogens with zero attached hydrogens (tertiary/aromatic N) is 1. The lowest BCUT2D eigenvalue weighted by Crippen LogP contribution is -2.26. The number of nitrogen functional groups attached to an aromatic ring is 1. The highest BCUT2D eigenvalue weighted by atomic mass is 16.5. The fraction of sp³-hybridized carbons (Fsp3) is 0.588. The maximum absolute atomic E-state index is 7.58. The van der Waals surface area contributed by atoms with Gasteiger partial charge < -0.3 is 10.5 Å². The molecule has 2 rings (SSSR count). The van der Waals surface area contributed by atoms with E-state index in [9.17, 15) is 0 Å². The standard InChI is InChI=1S/C17H27N3O/c1-17(2,3)14-7-8-20(11-14)10-13-9-12(16(18)19)5-6-15(13)21-4/h5-6,9,14H,7-8,10-11H2,1-4H3,(H3,18,19). The molecule has 1 aromatic rings. The molecule has 1 fully saturated rings. The van der Waals surface area contributed by atoms with E-state index in [4.69, 9.17) is 15.9 Å². The summed E-state index contributed by atoms with van der Waals surface area (Å²) in [6, 6.07) is 5.72. The van der Waals surface area contributed by atoms with Gasteiger partial charge in [-0.05, 0) is 42.5 Å². The molecule has 0 aromatic heterocycles. The predicted octanol–water partition coefficient (Wildman–Crippen LogP) is 2.85. The van der Waals surface area contributed by atoms with E-state index in [1.165, 1.54) is 6.42 Å². The van der Waals surface area contributed by atoms with Crippen molar-refractivity contribution in [2.75, 3.05) is 20.2 Å². The van der Waals surface area contributed by atoms with Crippen LogP contribution in [0.1, 0.15) is 38.3 Å². The van der Waals surface area contributed by atoms with Gasteiger partial charge in [0, 0.05) is 24.2 Å². The molecule has 4 heteroatoms. The molecule has 4 nitrogen and oxygen atoms in total. The van der Waals surface area contributed by atoms with Crippen molar-refractivity contribution in [2.24, 2.45) is 17.1 Å². The largest absolute Gasteiger partial charge is 0.496 e. The first-order valence-electron chi connectivity index (χ1n) is 7.55. The van der Waals surface area contributed by atoms with Crippen molar-refractivity contribution in [3.63, 3.8) is 0 Å². The number of hydrogen-bond acceptors (Lipinski definition) is 3. The molecule has 0 aliphatic carbocycles. The van der Waals surface area contributed by atoms with E-state index in [1.54, 1.807) is 7.11 Å². The summed E-state index contributed by atoms with van der Waals surface area (Å²) in [6.45, 7) is 10.1. The van der Waals surface area contributed by atoms with Crippen LogP contribution in [0.3, 0.4) is 0 Å². The second kappa shape index (κ2) is 6.06. The number of amidine groups is 1. The van der Waals surface area contributed by atoms with Gasteiger partial charge in [0.15, 0.2) is 0 Å². The van der Waals surface area contributed by atoms with Crippen LogP contribution in [0.25, 0.3) is 0 Å². The zero-order chi connectivity index (χ0) is 15.6. The monoisotopic (exact) mass is 289 g/mol. The van der Waals surface area contributed by atoms with Crippen LogP contribution in [-0.2, 0) is 6.54 Å². The predicted molar refractivity (Wildman–Crippen MR) is 86.8 cm³/mol. The Kier molecular flexibility index (Phi) is 4.57. The van der Waals surface area contributed by atoms with Gasteiger partial charge in [0.2, 0.25) is 0 Å². The van der Waals surface area contributed by atoms with Crippen molar-refractivity contribution in [3.8, 4) is 5.75 Å². The lowest BCUT2D eigenvalue weighted by atomic mass is 9.80. The third-order valence-electron chi connectivity index (χ3n) is 4.48. The minimum Gasteiger partial charge on any atom is -0.496 e. The minimum absolute atomic E-state index is 0.105. The molecular formula is C17H27N3O. The van der Waals surface area contributed by atoms with Gasteiger partial charge in [0.1, 0.15) is 11.6 Å². The van der Waals surface area contributed by atoms with E-state index in [1.807, 2.05) is 18.2 Å². The first kappa shape index (κ1) is 15.8. The van der Waals surface area contributed by atoms with Gasteiger partial charge >= 0.3 is 0 Å². The van der Waals surface area contributed by atoms with Crippen LogP contribution in [0.5, 0.6) is 5.75 Å². The molecule has 116 valence electrons. The summed E-state index contributed by atoms with van der Waals surface area (Å²) in [4.78, 5) is 2.47. The van der Waals surface area contributed by atoms with Crippen molar-refractivity contribution < 1.29 is 4.74 Å². The molecule has 0 bridgehead atoms. The van der Waals surface area contributed by atoms with E-state index >= 15 is 0 Å². The average molecular weight is 289 g/mol. The van der Waals surface area contributed by atoms with Gasteiger partial charge in [-0.15, -0.1) is 0 Å². The first-order chi connectivity index (χ1) is 9.81. The van der Waals surface area contributed by atoms with Gasteiger partial charge in [0.25, 0.3) is 0 Å². The van der Waals surface area contributed by atoms with Crippen LogP contribution in [0, 0.1) is 16.7 Å². The van der Waals surface area contributed by atoms with Gasteiger partial charge in [-0.3, -0.25) is 10.3 Å². The summed E-state index contributed by atoms with van der Waals surface area (Å²) in [5.41, 5.74) is 7.82. The molecule has 1 aliphatic rings. The summed E-state index contributed by atoms with van der Waals surface area (Å²) in [5, 5.41) is 7.58. The molecule has 21 heavy (non-hydrogen) atoms. The molecule has 0 spiro atoms. The number of benzene rings is 1. The van der Waals surface area contributed by atoms with Crippen LogP contribution in [-0.4, -0.2) is 30.9 Å². The van der Waals surface area contributed by atoms with E-state index in [0.29, 0.717) is 5.41 Å². The molecule has 0 radical (unpaired) electrons. The second-order valence-corrected chi connectivity index (χ2v) is 7.03. The molecule has 1 saturated heterocycles. The topological polar surface area (TPSA) is 62.3 Å². The van der Waals surface area contributed by atoms with Crippen LogP contribution >= 0.6 is 0 Å². The van der Waals surface area contributed by atoms with E-state index < -0.39 is 0 Å². The van der Waals surface area contributed by atoms with Crippen LogP contribution in [0.15, 0.2) is 18.2 Å². The number of nitrogens with one attached hydrogen (secondary N) is 1. The molecule has 1 aliphatic heterocycles. The number of likely N-dealkylation sites (tertiary alicyclic amines) is 1. The Morgan fingerprint density at radius 1 is 1.43 bits per heavy atom. The van der Waals surface area contributed by atoms with Crippen molar-refractivity contribution in [1.29, 1.82) is 5.41 Å². The maximum atomic E-state index is 7.58. The van der Waals surface area contributed by atoms with Crippen LogP contribution in [0.2, 0.25) is 0 Å². The third-order valence-corrected chi connectivity index (χ3v) is 4.48. The lowest BCUT2D eigenvalue weighted by Gasteiger charge is -2.27. The van der Waals surface area contributed by atoms with Gasteiger partial charge in [-0.25, -0.2) is 0 Å². The van der Waals surface area contributed by atoms with E-state index in [2.05, 4.69) is 25.7 Å². The van der Waals surface area contributed by atoms with E-state index in [-0.39, 0.29) is 5.84 Å². The SMILES string of the molecule is COc1ccc(C(=N)N)cc1CN1CCC(C(C)(C)C)C1. The summed E-state index contributed by atoms with van der Waals surface area (Å²) >= 11 is 0. The Labute approximate surface area is 127 Å². The summed E-state index contributed by atoms with van der Waals surface area (Å²) in [5.74, 6) is 1.71. The fourth-order valence-electron chi connectivity index (χ4n) is 2.99. The Morgan fingerprint density at radius 2 is 2.14 bits per heavy atom. The zero-order valence-electron chi connectivity index (χ0n) is 13.6. The normalized spacial score (nSPS) is 19.7. The van der Waals surface area contributed by atoms with Crippen LogP contribution < -0.4 is 10.5 Å². The van der Waals surface area contributed by atoms with Gasteiger partial charge in [-0.1, -0.05) is 20.8 Å².